The average molecular weight is 265 g/mol. The number of aryl methyl sites for hydroxylation is 1. The highest BCUT2D eigenvalue weighted by Crippen LogP contribution is 2.33. The van der Waals surface area contributed by atoms with E-state index in [4.69, 9.17) is 0 Å². The smallest absolute Gasteiger partial charge is 0.0771 e. The lowest BCUT2D eigenvalue weighted by molar-refractivity contribution is -0.00881. The first kappa shape index (κ1) is 14.5. The number of aliphatic hydroxyl groups is 1. The van der Waals surface area contributed by atoms with Gasteiger partial charge in [-0.05, 0) is 38.5 Å². The molecule has 1 aliphatic carbocycles. The van der Waals surface area contributed by atoms with E-state index in [0.29, 0.717) is 6.54 Å². The van der Waals surface area contributed by atoms with Gasteiger partial charge in [-0.2, -0.15) is 5.10 Å². The molecular formula is C15H27N3O. The average Bonchev–Trinajstić information content (AvgIpc) is 2.87. The van der Waals surface area contributed by atoms with Crippen molar-refractivity contribution in [1.29, 1.82) is 0 Å². The third-order valence-electron chi connectivity index (χ3n) is 4.41. The Balaban J connectivity index is 1.73. The summed E-state index contributed by atoms with van der Waals surface area (Å²) < 4.78 is 1.93. The number of rotatable bonds is 6. The lowest BCUT2D eigenvalue weighted by atomic mass is 9.78. The Morgan fingerprint density at radius 1 is 1.42 bits per heavy atom. The Kier molecular flexibility index (Phi) is 4.99. The minimum atomic E-state index is -0.494. The second kappa shape index (κ2) is 6.53. The second-order valence-electron chi connectivity index (χ2n) is 5.88. The van der Waals surface area contributed by atoms with Gasteiger partial charge in [0.05, 0.1) is 11.8 Å². The van der Waals surface area contributed by atoms with Gasteiger partial charge in [0, 0.05) is 31.4 Å². The van der Waals surface area contributed by atoms with Crippen molar-refractivity contribution in [2.24, 2.45) is 5.92 Å². The Morgan fingerprint density at radius 2 is 2.16 bits per heavy atom. The van der Waals surface area contributed by atoms with E-state index in [1.54, 1.807) is 0 Å². The molecule has 1 aromatic rings. The summed E-state index contributed by atoms with van der Waals surface area (Å²) in [4.78, 5) is 0. The van der Waals surface area contributed by atoms with E-state index in [9.17, 15) is 5.11 Å². The van der Waals surface area contributed by atoms with Crippen molar-refractivity contribution in [2.75, 3.05) is 6.54 Å². The summed E-state index contributed by atoms with van der Waals surface area (Å²) in [6, 6.07) is 0. The molecule has 0 atom stereocenters. The Hall–Kier alpha value is -0.870. The molecule has 2 rings (SSSR count). The monoisotopic (exact) mass is 265 g/mol. The van der Waals surface area contributed by atoms with Crippen LogP contribution in [0.1, 0.15) is 51.5 Å². The molecule has 0 amide bonds. The summed E-state index contributed by atoms with van der Waals surface area (Å²) in [6.45, 7) is 6.72. The Labute approximate surface area is 116 Å². The molecule has 1 aliphatic rings. The van der Waals surface area contributed by atoms with Crippen molar-refractivity contribution in [3.63, 3.8) is 0 Å². The van der Waals surface area contributed by atoms with Crippen molar-refractivity contribution in [3.8, 4) is 0 Å². The van der Waals surface area contributed by atoms with E-state index in [0.717, 1.165) is 31.8 Å². The van der Waals surface area contributed by atoms with Crippen LogP contribution in [-0.2, 0) is 13.1 Å². The van der Waals surface area contributed by atoms with Crippen LogP contribution < -0.4 is 5.32 Å². The summed E-state index contributed by atoms with van der Waals surface area (Å²) in [6.07, 6.45) is 9.42. The molecule has 0 spiro atoms. The van der Waals surface area contributed by atoms with Crippen LogP contribution in [0.3, 0.4) is 0 Å². The van der Waals surface area contributed by atoms with Gasteiger partial charge in [0.25, 0.3) is 0 Å². The highest BCUT2D eigenvalue weighted by Gasteiger charge is 2.31. The van der Waals surface area contributed by atoms with Crippen molar-refractivity contribution < 1.29 is 5.11 Å². The van der Waals surface area contributed by atoms with E-state index < -0.39 is 5.60 Å². The molecule has 4 nitrogen and oxygen atoms in total. The van der Waals surface area contributed by atoms with Crippen LogP contribution in [0, 0.1) is 5.92 Å². The largest absolute Gasteiger partial charge is 0.389 e. The number of hydrogen-bond donors (Lipinski definition) is 2. The quantitative estimate of drug-likeness (QED) is 0.830. The molecule has 108 valence electrons. The highest BCUT2D eigenvalue weighted by atomic mass is 16.3. The molecule has 1 fully saturated rings. The maximum absolute atomic E-state index is 10.5. The third kappa shape index (κ3) is 4.05. The van der Waals surface area contributed by atoms with Gasteiger partial charge in [-0.3, -0.25) is 4.68 Å². The first-order valence-electron chi connectivity index (χ1n) is 7.59. The molecule has 19 heavy (non-hydrogen) atoms. The topological polar surface area (TPSA) is 50.1 Å². The fourth-order valence-corrected chi connectivity index (χ4v) is 2.91. The number of nitrogens with one attached hydrogen (secondary N) is 1. The third-order valence-corrected chi connectivity index (χ3v) is 4.41. The predicted octanol–water partition coefficient (Wildman–Crippen LogP) is 2.32. The molecule has 0 saturated heterocycles. The van der Waals surface area contributed by atoms with Crippen LogP contribution in [0.5, 0.6) is 0 Å². The van der Waals surface area contributed by atoms with Crippen LogP contribution >= 0.6 is 0 Å². The Bertz CT molecular complexity index is 380. The summed E-state index contributed by atoms with van der Waals surface area (Å²) in [5, 5.41) is 18.2. The van der Waals surface area contributed by atoms with Crippen LogP contribution in [0.4, 0.5) is 0 Å². The lowest BCUT2D eigenvalue weighted by Crippen LogP contribution is -2.43. The minimum Gasteiger partial charge on any atom is -0.389 e. The fourth-order valence-electron chi connectivity index (χ4n) is 2.91. The second-order valence-corrected chi connectivity index (χ2v) is 5.88. The molecule has 1 saturated carbocycles. The zero-order chi connectivity index (χ0) is 13.7. The molecular weight excluding hydrogens is 238 g/mol. The van der Waals surface area contributed by atoms with Crippen LogP contribution in [0.25, 0.3) is 0 Å². The van der Waals surface area contributed by atoms with Gasteiger partial charge in [0.15, 0.2) is 0 Å². The summed E-state index contributed by atoms with van der Waals surface area (Å²) in [5.41, 5.74) is 0.694. The molecule has 0 aromatic carbocycles. The van der Waals surface area contributed by atoms with Crippen molar-refractivity contribution in [1.82, 2.24) is 15.1 Å². The van der Waals surface area contributed by atoms with E-state index in [1.165, 1.54) is 24.8 Å². The van der Waals surface area contributed by atoms with Crippen molar-refractivity contribution >= 4 is 0 Å². The molecule has 0 bridgehead atoms. The normalized spacial score (nSPS) is 27.6. The number of nitrogens with zero attached hydrogens (tertiary/aromatic N) is 2. The molecule has 0 aliphatic heterocycles. The van der Waals surface area contributed by atoms with Crippen LogP contribution in [0.2, 0.25) is 0 Å². The van der Waals surface area contributed by atoms with Gasteiger partial charge < -0.3 is 10.4 Å². The standard InChI is InChI=1S/C15H27N3O/c1-3-13-5-7-15(19,8-6-13)12-16-9-14-10-17-18(4-2)11-14/h10-11,13,16,19H,3-9,12H2,1-2H3. The number of hydrogen-bond acceptors (Lipinski definition) is 3. The molecule has 1 aromatic heterocycles. The molecule has 1 heterocycles. The molecule has 0 unspecified atom stereocenters. The highest BCUT2D eigenvalue weighted by molar-refractivity contribution is 5.03. The fraction of sp³-hybridized carbons (Fsp3) is 0.800. The molecule has 0 radical (unpaired) electrons. The van der Waals surface area contributed by atoms with Gasteiger partial charge in [-0.1, -0.05) is 13.3 Å². The SMILES string of the molecule is CCC1CCC(O)(CNCc2cnn(CC)c2)CC1. The van der Waals surface area contributed by atoms with E-state index >= 15 is 0 Å². The summed E-state index contributed by atoms with van der Waals surface area (Å²) >= 11 is 0. The van der Waals surface area contributed by atoms with Crippen molar-refractivity contribution in [2.45, 2.75) is 64.6 Å². The van der Waals surface area contributed by atoms with Crippen molar-refractivity contribution in [3.05, 3.63) is 18.0 Å². The van der Waals surface area contributed by atoms with Gasteiger partial charge in [-0.25, -0.2) is 0 Å². The lowest BCUT2D eigenvalue weighted by Gasteiger charge is -2.36. The molecule has 2 N–H and O–H groups in total. The van der Waals surface area contributed by atoms with Crippen LogP contribution in [0.15, 0.2) is 12.4 Å². The molecule has 4 heteroatoms. The van der Waals surface area contributed by atoms with Gasteiger partial charge in [-0.15, -0.1) is 0 Å². The summed E-state index contributed by atoms with van der Waals surface area (Å²) in [7, 11) is 0. The van der Waals surface area contributed by atoms with Gasteiger partial charge >= 0.3 is 0 Å². The number of aromatic nitrogens is 2. The first-order chi connectivity index (χ1) is 9.15. The summed E-state index contributed by atoms with van der Waals surface area (Å²) in [5.74, 6) is 0.822. The van der Waals surface area contributed by atoms with Gasteiger partial charge in [0.1, 0.15) is 0 Å². The Morgan fingerprint density at radius 3 is 2.74 bits per heavy atom. The maximum Gasteiger partial charge on any atom is 0.0771 e. The van der Waals surface area contributed by atoms with Gasteiger partial charge in [0.2, 0.25) is 0 Å². The van der Waals surface area contributed by atoms with E-state index in [2.05, 4.69) is 30.5 Å². The maximum atomic E-state index is 10.5. The zero-order valence-corrected chi connectivity index (χ0v) is 12.2. The minimum absolute atomic E-state index is 0.494. The van der Waals surface area contributed by atoms with E-state index in [-0.39, 0.29) is 0 Å². The van der Waals surface area contributed by atoms with E-state index in [1.807, 2.05) is 10.9 Å². The predicted molar refractivity (Wildman–Crippen MR) is 76.8 cm³/mol. The zero-order valence-electron chi connectivity index (χ0n) is 12.2. The van der Waals surface area contributed by atoms with Crippen LogP contribution in [-0.4, -0.2) is 27.0 Å². The first-order valence-corrected chi connectivity index (χ1v) is 7.59.